The Morgan fingerprint density at radius 3 is 2.23 bits per heavy atom. The third kappa shape index (κ3) is 8.60. The Hall–Kier alpha value is -1.35. The molecule has 1 saturated heterocycles. The highest BCUT2D eigenvalue weighted by Crippen LogP contribution is 2.26. The van der Waals surface area contributed by atoms with E-state index in [4.69, 9.17) is 4.99 Å². The van der Waals surface area contributed by atoms with Gasteiger partial charge in [0.25, 0.3) is 5.91 Å². The van der Waals surface area contributed by atoms with Crippen LogP contribution in [0.1, 0.15) is 57.0 Å². The number of guanidine groups is 1. The molecule has 0 aromatic heterocycles. The van der Waals surface area contributed by atoms with Gasteiger partial charge in [-0.25, -0.2) is 4.99 Å². The molecule has 0 aliphatic carbocycles. The summed E-state index contributed by atoms with van der Waals surface area (Å²) in [6.07, 6.45) is 1.32. The van der Waals surface area contributed by atoms with Crippen LogP contribution in [0.4, 0.5) is 0 Å². The predicted octanol–water partition coefficient (Wildman–Crippen LogP) is 3.82. The fraction of sp³-hybridized carbons (Fsp3) is 0.667. The van der Waals surface area contributed by atoms with Crippen LogP contribution in [0.25, 0.3) is 0 Å². The first-order valence-electron chi connectivity index (χ1n) is 11.2. The van der Waals surface area contributed by atoms with E-state index in [9.17, 15) is 4.79 Å². The Balaban J connectivity index is 0.00000480. The van der Waals surface area contributed by atoms with Crippen LogP contribution in [-0.2, 0) is 6.54 Å². The Labute approximate surface area is 206 Å². The lowest BCUT2D eigenvalue weighted by molar-refractivity contribution is 0.0483. The molecule has 1 aromatic rings. The molecule has 1 aliphatic rings. The third-order valence-corrected chi connectivity index (χ3v) is 5.78. The lowest BCUT2D eigenvalue weighted by Gasteiger charge is -2.45. The number of likely N-dealkylation sites (tertiary alicyclic amines) is 1. The number of hydrogen-bond donors (Lipinski definition) is 2. The number of piperidine rings is 1. The van der Waals surface area contributed by atoms with Crippen molar-refractivity contribution >= 4 is 35.8 Å². The number of halogens is 1. The molecule has 0 radical (unpaired) electrons. The van der Waals surface area contributed by atoms with Crippen molar-refractivity contribution in [2.75, 3.05) is 40.3 Å². The van der Waals surface area contributed by atoms with Gasteiger partial charge in [0.2, 0.25) is 0 Å². The van der Waals surface area contributed by atoms with Crippen LogP contribution in [0.5, 0.6) is 0 Å². The van der Waals surface area contributed by atoms with Gasteiger partial charge in [-0.2, -0.15) is 0 Å². The summed E-state index contributed by atoms with van der Waals surface area (Å²) >= 11 is 0. The number of benzene rings is 1. The monoisotopic (exact) mass is 543 g/mol. The summed E-state index contributed by atoms with van der Waals surface area (Å²) in [4.78, 5) is 21.0. The van der Waals surface area contributed by atoms with Gasteiger partial charge in [0.15, 0.2) is 5.96 Å². The largest absolute Gasteiger partial charge is 0.357 e. The fourth-order valence-electron chi connectivity index (χ4n) is 4.09. The van der Waals surface area contributed by atoms with Crippen LogP contribution >= 0.6 is 24.0 Å². The van der Waals surface area contributed by atoms with E-state index in [0.717, 1.165) is 49.5 Å². The van der Waals surface area contributed by atoms with E-state index < -0.39 is 0 Å². The van der Waals surface area contributed by atoms with Crippen LogP contribution < -0.4 is 10.6 Å². The smallest absolute Gasteiger partial charge is 0.253 e. The van der Waals surface area contributed by atoms with Crippen molar-refractivity contribution in [2.45, 2.75) is 53.1 Å². The van der Waals surface area contributed by atoms with Crippen molar-refractivity contribution in [3.05, 3.63) is 35.4 Å². The molecule has 2 N–H and O–H groups in total. The summed E-state index contributed by atoms with van der Waals surface area (Å²) in [6.45, 7) is 16.0. The predicted molar refractivity (Wildman–Crippen MR) is 141 cm³/mol. The van der Waals surface area contributed by atoms with Crippen molar-refractivity contribution in [3.8, 4) is 0 Å². The first-order valence-corrected chi connectivity index (χ1v) is 11.2. The first kappa shape index (κ1) is 27.7. The molecule has 31 heavy (non-hydrogen) atoms. The normalized spacial score (nSPS) is 20.0. The lowest BCUT2D eigenvalue weighted by Crippen LogP contribution is -2.57. The average Bonchev–Trinajstić information content (AvgIpc) is 2.69. The van der Waals surface area contributed by atoms with E-state index in [-0.39, 0.29) is 35.4 Å². The zero-order valence-electron chi connectivity index (χ0n) is 20.4. The number of hydrogen-bond acceptors (Lipinski definition) is 3. The van der Waals surface area contributed by atoms with Crippen LogP contribution in [0.15, 0.2) is 29.3 Å². The molecule has 1 fully saturated rings. The van der Waals surface area contributed by atoms with Gasteiger partial charge in [-0.3, -0.25) is 9.69 Å². The Bertz CT molecular complexity index is 707. The fourth-order valence-corrected chi connectivity index (χ4v) is 4.09. The summed E-state index contributed by atoms with van der Waals surface area (Å²) in [5, 5.41) is 6.89. The van der Waals surface area contributed by atoms with Crippen molar-refractivity contribution < 1.29 is 4.79 Å². The molecule has 7 heteroatoms. The van der Waals surface area contributed by atoms with Crippen molar-refractivity contribution in [3.63, 3.8) is 0 Å². The van der Waals surface area contributed by atoms with Crippen LogP contribution in [-0.4, -0.2) is 67.5 Å². The second-order valence-corrected chi connectivity index (χ2v) is 9.61. The first-order chi connectivity index (χ1) is 14.1. The molecule has 1 amide bonds. The van der Waals surface area contributed by atoms with Gasteiger partial charge in [0.05, 0.1) is 6.54 Å². The summed E-state index contributed by atoms with van der Waals surface area (Å²) in [5.74, 6) is 2.34. The highest BCUT2D eigenvalue weighted by atomic mass is 127. The highest BCUT2D eigenvalue weighted by molar-refractivity contribution is 14.0. The van der Waals surface area contributed by atoms with Gasteiger partial charge >= 0.3 is 0 Å². The molecule has 1 aromatic carbocycles. The van der Waals surface area contributed by atoms with Gasteiger partial charge in [0.1, 0.15) is 0 Å². The number of carbonyl (C=O) groups is 1. The standard InChI is InChI=1S/C24H41N5O.HI/c1-8-25-23(26-14-20-9-11-21(12-10-20)22(30)28(6)7)27-17-24(4,5)29-15-18(2)13-19(3)16-29;/h9-12,18-19H,8,13-17H2,1-7H3,(H2,25,26,27);1H. The lowest BCUT2D eigenvalue weighted by atomic mass is 9.88. The quantitative estimate of drug-likeness (QED) is 0.312. The minimum absolute atomic E-state index is 0. The van der Waals surface area contributed by atoms with Gasteiger partial charge in [0, 0.05) is 51.4 Å². The number of rotatable bonds is 7. The van der Waals surface area contributed by atoms with Crippen LogP contribution in [0, 0.1) is 11.8 Å². The van der Waals surface area contributed by atoms with Crippen LogP contribution in [0.2, 0.25) is 0 Å². The van der Waals surface area contributed by atoms with Crippen molar-refractivity contribution in [1.29, 1.82) is 0 Å². The Morgan fingerprint density at radius 1 is 1.13 bits per heavy atom. The highest BCUT2D eigenvalue weighted by Gasteiger charge is 2.32. The Morgan fingerprint density at radius 2 is 1.71 bits per heavy atom. The Kier molecular flexibility index (Phi) is 11.3. The minimum atomic E-state index is 0. The molecule has 176 valence electrons. The zero-order valence-corrected chi connectivity index (χ0v) is 22.7. The van der Waals surface area contributed by atoms with E-state index in [0.29, 0.717) is 12.1 Å². The zero-order chi connectivity index (χ0) is 22.3. The molecule has 2 atom stereocenters. The number of carbonyl (C=O) groups excluding carboxylic acids is 1. The molecule has 0 bridgehead atoms. The van der Waals surface area contributed by atoms with E-state index >= 15 is 0 Å². The summed E-state index contributed by atoms with van der Waals surface area (Å²) < 4.78 is 0. The van der Waals surface area contributed by atoms with E-state index in [1.807, 2.05) is 24.3 Å². The van der Waals surface area contributed by atoms with Gasteiger partial charge in [-0.15, -0.1) is 24.0 Å². The van der Waals surface area contributed by atoms with Gasteiger partial charge < -0.3 is 15.5 Å². The van der Waals surface area contributed by atoms with E-state index in [2.05, 4.69) is 50.2 Å². The topological polar surface area (TPSA) is 60.0 Å². The molecule has 2 unspecified atom stereocenters. The molecule has 1 heterocycles. The molecule has 0 saturated carbocycles. The summed E-state index contributed by atoms with van der Waals surface area (Å²) in [7, 11) is 3.53. The van der Waals surface area contributed by atoms with Crippen molar-refractivity contribution in [1.82, 2.24) is 20.4 Å². The third-order valence-electron chi connectivity index (χ3n) is 5.78. The summed E-state index contributed by atoms with van der Waals surface area (Å²) in [5.41, 5.74) is 1.85. The maximum absolute atomic E-state index is 12.0. The summed E-state index contributed by atoms with van der Waals surface area (Å²) in [6, 6.07) is 7.69. The maximum Gasteiger partial charge on any atom is 0.253 e. The number of aliphatic imine (C=N–C) groups is 1. The van der Waals surface area contributed by atoms with E-state index in [1.165, 1.54) is 6.42 Å². The molecular weight excluding hydrogens is 501 g/mol. The molecule has 6 nitrogen and oxygen atoms in total. The maximum atomic E-state index is 12.0. The molecule has 2 rings (SSSR count). The van der Waals surface area contributed by atoms with Crippen LogP contribution in [0.3, 0.4) is 0 Å². The average molecular weight is 544 g/mol. The number of nitrogens with one attached hydrogen (secondary N) is 2. The molecule has 1 aliphatic heterocycles. The number of amides is 1. The molecule has 0 spiro atoms. The van der Waals surface area contributed by atoms with Gasteiger partial charge in [-0.1, -0.05) is 26.0 Å². The van der Waals surface area contributed by atoms with E-state index in [1.54, 1.807) is 19.0 Å². The second kappa shape index (κ2) is 12.6. The van der Waals surface area contributed by atoms with Crippen molar-refractivity contribution in [2.24, 2.45) is 16.8 Å². The second-order valence-electron chi connectivity index (χ2n) is 9.61. The van der Waals surface area contributed by atoms with Gasteiger partial charge in [-0.05, 0) is 56.7 Å². The SMILES string of the molecule is CCNC(=NCc1ccc(C(=O)N(C)C)cc1)NCC(C)(C)N1CC(C)CC(C)C1.I. The molecular formula is C24H42IN5O. The minimum Gasteiger partial charge on any atom is -0.357 e. The number of nitrogens with zero attached hydrogens (tertiary/aromatic N) is 3.